The van der Waals surface area contributed by atoms with Gasteiger partial charge in [0, 0.05) is 7.05 Å². The van der Waals surface area contributed by atoms with Crippen LogP contribution in [0.2, 0.25) is 0 Å². The molecule has 2 rings (SSSR count). The third-order valence-electron chi connectivity index (χ3n) is 2.96. The number of anilines is 1. The van der Waals surface area contributed by atoms with Crippen molar-refractivity contribution in [1.82, 2.24) is 14.8 Å². The number of hydroxylamine groups is 2. The van der Waals surface area contributed by atoms with Gasteiger partial charge in [-0.2, -0.15) is 10.2 Å². The molecule has 18 heavy (non-hydrogen) atoms. The zero-order valence-corrected chi connectivity index (χ0v) is 10.8. The predicted molar refractivity (Wildman–Crippen MR) is 64.8 cm³/mol. The molecule has 1 atom stereocenters. The highest BCUT2D eigenvalue weighted by molar-refractivity contribution is 5.93. The molecule has 0 saturated carbocycles. The standard InChI is InChI=1S/C11H18N4O3/c1-7-11(8(2)14(3)13-7)12-10(17)5-15-4-9(16)6-18-15/h9,16H,4-6H2,1-3H3,(H,12,17)/t9-/m0/s1. The van der Waals surface area contributed by atoms with Gasteiger partial charge in [-0.15, -0.1) is 0 Å². The monoisotopic (exact) mass is 254 g/mol. The molecule has 0 aromatic carbocycles. The van der Waals surface area contributed by atoms with Crippen LogP contribution in [0.5, 0.6) is 0 Å². The summed E-state index contributed by atoms with van der Waals surface area (Å²) in [6, 6.07) is 0. The Labute approximate surface area is 105 Å². The second kappa shape index (κ2) is 5.05. The maximum atomic E-state index is 11.8. The minimum absolute atomic E-state index is 0.102. The SMILES string of the molecule is Cc1nn(C)c(C)c1NC(=O)CN1C[C@H](O)CO1. The van der Waals surface area contributed by atoms with Crippen LogP contribution < -0.4 is 5.32 Å². The molecule has 1 amide bonds. The Morgan fingerprint density at radius 3 is 2.83 bits per heavy atom. The molecule has 1 aromatic rings. The van der Waals surface area contributed by atoms with Gasteiger partial charge in [0.25, 0.3) is 0 Å². The Kier molecular flexibility index (Phi) is 3.65. The van der Waals surface area contributed by atoms with Gasteiger partial charge in [-0.25, -0.2) is 0 Å². The second-order valence-corrected chi connectivity index (χ2v) is 4.49. The van der Waals surface area contributed by atoms with E-state index in [1.165, 1.54) is 5.06 Å². The molecule has 1 fully saturated rings. The maximum absolute atomic E-state index is 11.8. The van der Waals surface area contributed by atoms with E-state index in [-0.39, 0.29) is 19.1 Å². The molecule has 2 N–H and O–H groups in total. The largest absolute Gasteiger partial charge is 0.389 e. The number of nitrogens with zero attached hydrogens (tertiary/aromatic N) is 3. The first-order valence-electron chi connectivity index (χ1n) is 5.83. The van der Waals surface area contributed by atoms with E-state index in [2.05, 4.69) is 10.4 Å². The minimum Gasteiger partial charge on any atom is -0.389 e. The summed E-state index contributed by atoms with van der Waals surface area (Å²) in [5.41, 5.74) is 2.43. The molecular formula is C11H18N4O3. The van der Waals surface area contributed by atoms with Gasteiger partial charge in [0.1, 0.15) is 6.54 Å². The molecule has 0 bridgehead atoms. The van der Waals surface area contributed by atoms with Gasteiger partial charge in [-0.05, 0) is 13.8 Å². The first-order chi connectivity index (χ1) is 8.47. The van der Waals surface area contributed by atoms with Crippen molar-refractivity contribution in [3.05, 3.63) is 11.4 Å². The number of hydrogen-bond acceptors (Lipinski definition) is 5. The lowest BCUT2D eigenvalue weighted by molar-refractivity contribution is -0.138. The van der Waals surface area contributed by atoms with E-state index >= 15 is 0 Å². The predicted octanol–water partition coefficient (Wildman–Crippen LogP) is -0.416. The fourth-order valence-electron chi connectivity index (χ4n) is 1.94. The van der Waals surface area contributed by atoms with Gasteiger partial charge < -0.3 is 10.4 Å². The molecule has 1 aliphatic heterocycles. The van der Waals surface area contributed by atoms with Crippen LogP contribution in [-0.2, 0) is 16.7 Å². The number of β-amino-alcohol motifs (C(OH)–C–C–N with tert-alkyl or cyclic N) is 1. The van der Waals surface area contributed by atoms with Crippen molar-refractivity contribution in [2.75, 3.05) is 25.0 Å². The van der Waals surface area contributed by atoms with Gasteiger partial charge in [-0.1, -0.05) is 0 Å². The Bertz CT molecular complexity index is 457. The smallest absolute Gasteiger partial charge is 0.241 e. The first-order valence-corrected chi connectivity index (χ1v) is 5.83. The summed E-state index contributed by atoms with van der Waals surface area (Å²) in [5, 5.41) is 17.8. The lowest BCUT2D eigenvalue weighted by atomic mass is 10.3. The summed E-state index contributed by atoms with van der Waals surface area (Å²) < 4.78 is 1.72. The average molecular weight is 254 g/mol. The van der Waals surface area contributed by atoms with E-state index in [0.717, 1.165) is 17.1 Å². The number of aliphatic hydroxyl groups excluding tert-OH is 1. The molecule has 0 spiro atoms. The summed E-state index contributed by atoms with van der Waals surface area (Å²) >= 11 is 0. The molecular weight excluding hydrogens is 236 g/mol. The molecule has 100 valence electrons. The quantitative estimate of drug-likeness (QED) is 0.766. The summed E-state index contributed by atoms with van der Waals surface area (Å²) in [6.07, 6.45) is -0.514. The Morgan fingerprint density at radius 2 is 2.33 bits per heavy atom. The van der Waals surface area contributed by atoms with E-state index in [1.807, 2.05) is 20.9 Å². The van der Waals surface area contributed by atoms with Crippen molar-refractivity contribution in [3.63, 3.8) is 0 Å². The molecule has 1 aromatic heterocycles. The van der Waals surface area contributed by atoms with Crippen LogP contribution in [0.15, 0.2) is 0 Å². The van der Waals surface area contributed by atoms with Crippen LogP contribution in [0.25, 0.3) is 0 Å². The van der Waals surface area contributed by atoms with E-state index in [0.29, 0.717) is 6.54 Å². The highest BCUT2D eigenvalue weighted by atomic mass is 16.7. The fourth-order valence-corrected chi connectivity index (χ4v) is 1.94. The average Bonchev–Trinajstić information content (AvgIpc) is 2.78. The molecule has 1 saturated heterocycles. The number of carbonyl (C=O) groups excluding carboxylic acids is 1. The van der Waals surface area contributed by atoms with Crippen molar-refractivity contribution in [2.24, 2.45) is 7.05 Å². The van der Waals surface area contributed by atoms with E-state index in [4.69, 9.17) is 4.84 Å². The van der Waals surface area contributed by atoms with E-state index in [1.54, 1.807) is 4.68 Å². The molecule has 7 heteroatoms. The molecule has 7 nitrogen and oxygen atoms in total. The molecule has 2 heterocycles. The van der Waals surface area contributed by atoms with Gasteiger partial charge in [-0.3, -0.25) is 14.3 Å². The summed E-state index contributed by atoms with van der Waals surface area (Å²) in [7, 11) is 1.83. The third-order valence-corrected chi connectivity index (χ3v) is 2.96. The molecule has 0 unspecified atom stereocenters. The maximum Gasteiger partial charge on any atom is 0.241 e. The van der Waals surface area contributed by atoms with Crippen molar-refractivity contribution in [3.8, 4) is 0 Å². The number of aliphatic hydroxyl groups is 1. The van der Waals surface area contributed by atoms with Crippen LogP contribution in [0.1, 0.15) is 11.4 Å². The summed E-state index contributed by atoms with van der Waals surface area (Å²) in [6.45, 7) is 4.45. The first kappa shape index (κ1) is 13.0. The van der Waals surface area contributed by atoms with Crippen LogP contribution in [0.4, 0.5) is 5.69 Å². The Hall–Kier alpha value is -1.44. The van der Waals surface area contributed by atoms with Gasteiger partial charge in [0.15, 0.2) is 0 Å². The number of amides is 1. The topological polar surface area (TPSA) is 79.6 Å². The second-order valence-electron chi connectivity index (χ2n) is 4.49. The lowest BCUT2D eigenvalue weighted by Gasteiger charge is -2.13. The van der Waals surface area contributed by atoms with Crippen molar-refractivity contribution in [2.45, 2.75) is 20.0 Å². The number of nitrogens with one attached hydrogen (secondary N) is 1. The summed E-state index contributed by atoms with van der Waals surface area (Å²) in [4.78, 5) is 17.0. The fraction of sp³-hybridized carbons (Fsp3) is 0.636. The lowest BCUT2D eigenvalue weighted by Crippen LogP contribution is -2.31. The zero-order chi connectivity index (χ0) is 13.3. The number of hydrogen-bond donors (Lipinski definition) is 2. The number of aromatic nitrogens is 2. The van der Waals surface area contributed by atoms with E-state index in [9.17, 15) is 9.90 Å². The normalized spacial score (nSPS) is 20.3. The third kappa shape index (κ3) is 2.69. The van der Waals surface area contributed by atoms with Crippen LogP contribution in [0.3, 0.4) is 0 Å². The zero-order valence-electron chi connectivity index (χ0n) is 10.8. The highest BCUT2D eigenvalue weighted by Gasteiger charge is 2.24. The van der Waals surface area contributed by atoms with Gasteiger partial charge in [0.2, 0.25) is 5.91 Å². The molecule has 0 aliphatic carbocycles. The molecule has 0 radical (unpaired) electrons. The van der Waals surface area contributed by atoms with Crippen molar-refractivity contribution >= 4 is 11.6 Å². The minimum atomic E-state index is -0.514. The van der Waals surface area contributed by atoms with Gasteiger partial charge >= 0.3 is 0 Å². The number of rotatable bonds is 3. The molecule has 1 aliphatic rings. The number of carbonyl (C=O) groups is 1. The number of aryl methyl sites for hydroxylation is 2. The van der Waals surface area contributed by atoms with Crippen LogP contribution >= 0.6 is 0 Å². The summed E-state index contributed by atoms with van der Waals surface area (Å²) in [5.74, 6) is -0.177. The van der Waals surface area contributed by atoms with Crippen molar-refractivity contribution < 1.29 is 14.7 Å². The highest BCUT2D eigenvalue weighted by Crippen LogP contribution is 2.18. The van der Waals surface area contributed by atoms with Crippen molar-refractivity contribution in [1.29, 1.82) is 0 Å². The van der Waals surface area contributed by atoms with Crippen LogP contribution in [0, 0.1) is 13.8 Å². The van der Waals surface area contributed by atoms with Crippen LogP contribution in [-0.4, -0.2) is 51.7 Å². The Balaban J connectivity index is 1.95. The Morgan fingerprint density at radius 1 is 1.61 bits per heavy atom. The van der Waals surface area contributed by atoms with Gasteiger partial charge in [0.05, 0.1) is 36.3 Å². The van der Waals surface area contributed by atoms with E-state index < -0.39 is 6.10 Å².